The molecule has 0 heterocycles. The van der Waals surface area contributed by atoms with E-state index < -0.39 is 16.9 Å². The molecular formula is C14H13N3O4. The third-order valence-electron chi connectivity index (χ3n) is 2.89. The zero-order valence-electron chi connectivity index (χ0n) is 10.9. The zero-order chi connectivity index (χ0) is 15.4. The number of phenols is 1. The number of aromatic hydroxyl groups is 1. The van der Waals surface area contributed by atoms with Gasteiger partial charge < -0.3 is 16.2 Å². The summed E-state index contributed by atoms with van der Waals surface area (Å²) in [5.74, 6) is -0.841. The van der Waals surface area contributed by atoms with Gasteiger partial charge in [-0.25, -0.2) is 0 Å². The van der Waals surface area contributed by atoms with E-state index in [4.69, 9.17) is 5.73 Å². The summed E-state index contributed by atoms with van der Waals surface area (Å²) in [5, 5.41) is 22.7. The fourth-order valence-electron chi connectivity index (χ4n) is 1.76. The van der Waals surface area contributed by atoms with Crippen LogP contribution in [0.4, 0.5) is 11.4 Å². The molecule has 0 aliphatic heterocycles. The maximum absolute atomic E-state index is 12.0. The molecule has 0 saturated heterocycles. The summed E-state index contributed by atoms with van der Waals surface area (Å²) in [7, 11) is 0. The summed E-state index contributed by atoms with van der Waals surface area (Å²) >= 11 is 0. The Morgan fingerprint density at radius 3 is 2.52 bits per heavy atom. The lowest BCUT2D eigenvalue weighted by atomic mass is 10.1. The monoisotopic (exact) mass is 287 g/mol. The van der Waals surface area contributed by atoms with Gasteiger partial charge in [0.05, 0.1) is 10.6 Å². The van der Waals surface area contributed by atoms with E-state index in [9.17, 15) is 20.0 Å². The molecule has 0 aliphatic rings. The third-order valence-corrected chi connectivity index (χ3v) is 2.89. The molecule has 7 heteroatoms. The molecule has 0 fully saturated rings. The number of phenolic OH excluding ortho intramolecular Hbond substituents is 1. The number of non-ortho nitro benzene ring substituents is 1. The minimum absolute atomic E-state index is 0.0550. The van der Waals surface area contributed by atoms with Crippen LogP contribution in [0.25, 0.3) is 0 Å². The first-order valence-corrected chi connectivity index (χ1v) is 6.08. The molecule has 0 spiro atoms. The van der Waals surface area contributed by atoms with E-state index in [2.05, 4.69) is 5.32 Å². The minimum Gasteiger partial charge on any atom is -0.506 e. The molecule has 4 N–H and O–H groups in total. The Hall–Kier alpha value is -2.93. The van der Waals surface area contributed by atoms with Gasteiger partial charge in [-0.1, -0.05) is 30.3 Å². The third kappa shape index (κ3) is 3.34. The summed E-state index contributed by atoms with van der Waals surface area (Å²) in [4.78, 5) is 22.1. The first-order chi connectivity index (χ1) is 9.99. The van der Waals surface area contributed by atoms with Gasteiger partial charge >= 0.3 is 0 Å². The van der Waals surface area contributed by atoms with Crippen LogP contribution >= 0.6 is 0 Å². The molecule has 1 unspecified atom stereocenters. The van der Waals surface area contributed by atoms with Crippen molar-refractivity contribution in [1.29, 1.82) is 0 Å². The molecule has 0 bridgehead atoms. The van der Waals surface area contributed by atoms with Crippen LogP contribution in [0.1, 0.15) is 11.6 Å². The summed E-state index contributed by atoms with van der Waals surface area (Å²) < 4.78 is 0. The van der Waals surface area contributed by atoms with Crippen LogP contribution in [0, 0.1) is 10.1 Å². The van der Waals surface area contributed by atoms with Crippen molar-refractivity contribution in [3.05, 3.63) is 64.2 Å². The highest BCUT2D eigenvalue weighted by atomic mass is 16.6. The SMILES string of the molecule is NC(C(=O)Nc1cc([N+](=O)[O-])ccc1O)c1ccccc1. The van der Waals surface area contributed by atoms with Crippen LogP contribution in [-0.2, 0) is 4.79 Å². The maximum atomic E-state index is 12.0. The molecule has 0 saturated carbocycles. The van der Waals surface area contributed by atoms with Crippen LogP contribution in [0.15, 0.2) is 48.5 Å². The number of amides is 1. The van der Waals surface area contributed by atoms with Gasteiger partial charge in [0, 0.05) is 12.1 Å². The number of benzene rings is 2. The van der Waals surface area contributed by atoms with Crippen LogP contribution in [0.2, 0.25) is 0 Å². The maximum Gasteiger partial charge on any atom is 0.271 e. The van der Waals surface area contributed by atoms with Gasteiger partial charge in [-0.3, -0.25) is 14.9 Å². The first-order valence-electron chi connectivity index (χ1n) is 6.08. The standard InChI is InChI=1S/C14H13N3O4/c15-13(9-4-2-1-3-5-9)14(19)16-11-8-10(17(20)21)6-7-12(11)18/h1-8,13,18H,15H2,(H,16,19). The summed E-state index contributed by atoms with van der Waals surface area (Å²) in [6, 6.07) is 11.1. The molecule has 0 radical (unpaired) electrons. The number of anilines is 1. The van der Waals surface area contributed by atoms with Gasteiger partial charge in [0.15, 0.2) is 0 Å². The van der Waals surface area contributed by atoms with E-state index in [1.165, 1.54) is 0 Å². The van der Waals surface area contributed by atoms with E-state index in [0.717, 1.165) is 18.2 Å². The van der Waals surface area contributed by atoms with E-state index in [0.29, 0.717) is 5.56 Å². The van der Waals surface area contributed by atoms with E-state index >= 15 is 0 Å². The quantitative estimate of drug-likeness (QED) is 0.451. The number of carbonyl (C=O) groups is 1. The van der Waals surface area contributed by atoms with Crippen LogP contribution < -0.4 is 11.1 Å². The molecule has 2 aromatic rings. The number of nitrogens with zero attached hydrogens (tertiary/aromatic N) is 1. The second kappa shape index (κ2) is 6.02. The predicted octanol–water partition coefficient (Wildman–Crippen LogP) is 1.94. The summed E-state index contributed by atoms with van der Waals surface area (Å²) in [5.41, 5.74) is 6.11. The predicted molar refractivity (Wildman–Crippen MR) is 76.8 cm³/mol. The van der Waals surface area contributed by atoms with Crippen molar-refractivity contribution in [3.8, 4) is 5.75 Å². The summed E-state index contributed by atoms with van der Waals surface area (Å²) in [6.45, 7) is 0. The van der Waals surface area contributed by atoms with Crippen molar-refractivity contribution >= 4 is 17.3 Å². The number of rotatable bonds is 4. The van der Waals surface area contributed by atoms with Crippen molar-refractivity contribution in [1.82, 2.24) is 0 Å². The highest BCUT2D eigenvalue weighted by Gasteiger charge is 2.18. The number of nitrogens with two attached hydrogens (primary N) is 1. The number of hydrogen-bond donors (Lipinski definition) is 3. The second-order valence-corrected chi connectivity index (χ2v) is 4.34. The fourth-order valence-corrected chi connectivity index (χ4v) is 1.76. The van der Waals surface area contributed by atoms with Gasteiger partial charge in [0.25, 0.3) is 5.69 Å². The normalized spacial score (nSPS) is 11.7. The number of hydrogen-bond acceptors (Lipinski definition) is 5. The molecule has 7 nitrogen and oxygen atoms in total. The van der Waals surface area contributed by atoms with Crippen molar-refractivity contribution in [2.75, 3.05) is 5.32 Å². The average Bonchev–Trinajstić information content (AvgIpc) is 2.49. The lowest BCUT2D eigenvalue weighted by Crippen LogP contribution is -2.27. The topological polar surface area (TPSA) is 118 Å². The Bertz CT molecular complexity index is 673. The van der Waals surface area contributed by atoms with Gasteiger partial charge in [-0.05, 0) is 11.6 Å². The first kappa shape index (κ1) is 14.5. The van der Waals surface area contributed by atoms with Gasteiger partial charge in [-0.2, -0.15) is 0 Å². The second-order valence-electron chi connectivity index (χ2n) is 4.34. The molecule has 1 atom stereocenters. The van der Waals surface area contributed by atoms with E-state index in [-0.39, 0.29) is 17.1 Å². The minimum atomic E-state index is -0.940. The van der Waals surface area contributed by atoms with Gasteiger partial charge in [0.2, 0.25) is 5.91 Å². The lowest BCUT2D eigenvalue weighted by molar-refractivity contribution is -0.384. The molecule has 2 aromatic carbocycles. The van der Waals surface area contributed by atoms with Gasteiger partial charge in [0.1, 0.15) is 11.8 Å². The number of nitro benzene ring substituents is 1. The van der Waals surface area contributed by atoms with E-state index in [1.54, 1.807) is 30.3 Å². The van der Waals surface area contributed by atoms with E-state index in [1.807, 2.05) is 0 Å². The zero-order valence-corrected chi connectivity index (χ0v) is 10.9. The number of nitro groups is 1. The molecule has 1 amide bonds. The van der Waals surface area contributed by atoms with Crippen molar-refractivity contribution in [2.45, 2.75) is 6.04 Å². The van der Waals surface area contributed by atoms with Crippen molar-refractivity contribution in [3.63, 3.8) is 0 Å². The van der Waals surface area contributed by atoms with Crippen LogP contribution in [-0.4, -0.2) is 15.9 Å². The highest BCUT2D eigenvalue weighted by Crippen LogP contribution is 2.28. The smallest absolute Gasteiger partial charge is 0.271 e. The Kier molecular flexibility index (Phi) is 4.15. The highest BCUT2D eigenvalue weighted by molar-refractivity contribution is 5.96. The molecule has 0 aliphatic carbocycles. The van der Waals surface area contributed by atoms with Crippen LogP contribution in [0.5, 0.6) is 5.75 Å². The Balaban J connectivity index is 2.20. The molecule has 108 valence electrons. The summed E-state index contributed by atoms with van der Waals surface area (Å²) in [6.07, 6.45) is 0. The Morgan fingerprint density at radius 2 is 1.90 bits per heavy atom. The lowest BCUT2D eigenvalue weighted by Gasteiger charge is -2.13. The Morgan fingerprint density at radius 1 is 1.24 bits per heavy atom. The van der Waals surface area contributed by atoms with Crippen molar-refractivity contribution in [2.24, 2.45) is 5.73 Å². The largest absolute Gasteiger partial charge is 0.506 e. The number of carbonyl (C=O) groups excluding carboxylic acids is 1. The Labute approximate surface area is 120 Å². The van der Waals surface area contributed by atoms with Gasteiger partial charge in [-0.15, -0.1) is 0 Å². The molecule has 0 aromatic heterocycles. The average molecular weight is 287 g/mol. The fraction of sp³-hybridized carbons (Fsp3) is 0.0714. The number of nitrogens with one attached hydrogen (secondary N) is 1. The molecule has 21 heavy (non-hydrogen) atoms. The van der Waals surface area contributed by atoms with Crippen LogP contribution in [0.3, 0.4) is 0 Å². The molecular weight excluding hydrogens is 274 g/mol. The van der Waals surface area contributed by atoms with Crippen molar-refractivity contribution < 1.29 is 14.8 Å². The molecule has 2 rings (SSSR count).